The molecule has 1 aromatic rings. The molecule has 1 heterocycles. The van der Waals surface area contributed by atoms with E-state index in [1.54, 1.807) is 0 Å². The van der Waals surface area contributed by atoms with Crippen molar-refractivity contribution in [2.75, 3.05) is 18.1 Å². The predicted octanol–water partition coefficient (Wildman–Crippen LogP) is 3.40. The summed E-state index contributed by atoms with van der Waals surface area (Å²) < 4.78 is 6.86. The van der Waals surface area contributed by atoms with Gasteiger partial charge in [-0.2, -0.15) is 11.8 Å². The van der Waals surface area contributed by atoms with E-state index in [0.29, 0.717) is 0 Å². The van der Waals surface area contributed by atoms with Crippen molar-refractivity contribution in [1.82, 2.24) is 0 Å². The minimum atomic E-state index is 0.212. The van der Waals surface area contributed by atoms with Gasteiger partial charge in [-0.15, -0.1) is 0 Å². The molecule has 1 aliphatic rings. The summed E-state index contributed by atoms with van der Waals surface area (Å²) in [6, 6.07) is 4.52. The Hall–Kier alpha value is -0.190. The van der Waals surface area contributed by atoms with Crippen LogP contribution in [0.4, 0.5) is 0 Å². The first-order valence-electron chi connectivity index (χ1n) is 6.48. The first-order chi connectivity index (χ1) is 8.70. The maximum Gasteiger partial charge on any atom is 0.125 e. The van der Waals surface area contributed by atoms with Crippen LogP contribution in [0.15, 0.2) is 16.6 Å². The second-order valence-electron chi connectivity index (χ2n) is 4.69. The highest BCUT2D eigenvalue weighted by Crippen LogP contribution is 2.33. The molecule has 0 aliphatic carbocycles. The molecule has 1 unspecified atom stereocenters. The Balaban J connectivity index is 2.00. The standard InChI is InChI=1S/C14H20BrNOS/c1-2-5-18-9-13(16)8-11-7-12(15)6-10-3-4-17-14(10)11/h6-7,13H,2-5,8-9,16H2,1H3. The van der Waals surface area contributed by atoms with Gasteiger partial charge in [-0.3, -0.25) is 0 Å². The summed E-state index contributed by atoms with van der Waals surface area (Å²) in [4.78, 5) is 0. The number of fused-ring (bicyclic) bond motifs is 1. The van der Waals surface area contributed by atoms with Crippen LogP contribution in [0.2, 0.25) is 0 Å². The third kappa shape index (κ3) is 3.65. The summed E-state index contributed by atoms with van der Waals surface area (Å²) in [6.45, 7) is 3.01. The second kappa shape index (κ2) is 6.83. The fourth-order valence-electron chi connectivity index (χ4n) is 2.22. The van der Waals surface area contributed by atoms with Gasteiger partial charge in [0.2, 0.25) is 0 Å². The third-order valence-electron chi connectivity index (χ3n) is 2.99. The van der Waals surface area contributed by atoms with E-state index in [1.807, 2.05) is 11.8 Å². The van der Waals surface area contributed by atoms with E-state index < -0.39 is 0 Å². The van der Waals surface area contributed by atoms with E-state index in [-0.39, 0.29) is 6.04 Å². The largest absolute Gasteiger partial charge is 0.493 e. The molecule has 2 nitrogen and oxygen atoms in total. The van der Waals surface area contributed by atoms with Crippen molar-refractivity contribution in [3.05, 3.63) is 27.7 Å². The summed E-state index contributed by atoms with van der Waals surface area (Å²) in [5.74, 6) is 3.30. The van der Waals surface area contributed by atoms with E-state index in [1.165, 1.54) is 23.3 Å². The molecule has 0 radical (unpaired) electrons. The molecule has 1 aromatic carbocycles. The van der Waals surface area contributed by atoms with Crippen molar-refractivity contribution >= 4 is 27.7 Å². The number of hydrogen-bond donors (Lipinski definition) is 1. The van der Waals surface area contributed by atoms with Crippen LogP contribution in [0, 0.1) is 0 Å². The molecule has 0 saturated carbocycles. The van der Waals surface area contributed by atoms with Crippen molar-refractivity contribution in [2.45, 2.75) is 32.2 Å². The number of nitrogens with two attached hydrogens (primary N) is 1. The number of benzene rings is 1. The predicted molar refractivity (Wildman–Crippen MR) is 82.6 cm³/mol. The van der Waals surface area contributed by atoms with Crippen molar-refractivity contribution in [3.63, 3.8) is 0 Å². The van der Waals surface area contributed by atoms with Crippen LogP contribution in [0.25, 0.3) is 0 Å². The highest BCUT2D eigenvalue weighted by Gasteiger charge is 2.18. The second-order valence-corrected chi connectivity index (χ2v) is 6.76. The number of rotatable bonds is 6. The van der Waals surface area contributed by atoms with Crippen molar-refractivity contribution in [2.24, 2.45) is 5.73 Å². The Morgan fingerprint density at radius 2 is 2.33 bits per heavy atom. The molecule has 4 heteroatoms. The lowest BCUT2D eigenvalue weighted by molar-refractivity contribution is 0.353. The lowest BCUT2D eigenvalue weighted by Crippen LogP contribution is -2.26. The molecule has 100 valence electrons. The average Bonchev–Trinajstić information content (AvgIpc) is 2.77. The first kappa shape index (κ1) is 14.2. The van der Waals surface area contributed by atoms with Crippen molar-refractivity contribution < 1.29 is 4.74 Å². The zero-order valence-electron chi connectivity index (χ0n) is 10.7. The van der Waals surface area contributed by atoms with Gasteiger partial charge in [0.05, 0.1) is 6.61 Å². The van der Waals surface area contributed by atoms with E-state index in [4.69, 9.17) is 10.5 Å². The first-order valence-corrected chi connectivity index (χ1v) is 8.43. The molecule has 1 atom stereocenters. The highest BCUT2D eigenvalue weighted by molar-refractivity contribution is 9.10. The Morgan fingerprint density at radius 3 is 3.11 bits per heavy atom. The zero-order chi connectivity index (χ0) is 13.0. The SMILES string of the molecule is CCCSCC(N)Cc1cc(Br)cc2c1OCC2. The van der Waals surface area contributed by atoms with Crippen LogP contribution in [-0.2, 0) is 12.8 Å². The van der Waals surface area contributed by atoms with E-state index >= 15 is 0 Å². The quantitative estimate of drug-likeness (QED) is 0.812. The van der Waals surface area contributed by atoms with Crippen LogP contribution in [0.1, 0.15) is 24.5 Å². The summed E-state index contributed by atoms with van der Waals surface area (Å²) >= 11 is 5.51. The summed E-state index contributed by atoms with van der Waals surface area (Å²) in [7, 11) is 0. The Morgan fingerprint density at radius 1 is 1.50 bits per heavy atom. The fourth-order valence-corrected chi connectivity index (χ4v) is 3.65. The van der Waals surface area contributed by atoms with Gasteiger partial charge in [0, 0.05) is 22.7 Å². The van der Waals surface area contributed by atoms with Crippen LogP contribution in [0.3, 0.4) is 0 Å². The Kier molecular flexibility index (Phi) is 5.39. The normalized spacial score (nSPS) is 15.3. The smallest absolute Gasteiger partial charge is 0.125 e. The monoisotopic (exact) mass is 329 g/mol. The highest BCUT2D eigenvalue weighted by atomic mass is 79.9. The molecular formula is C14H20BrNOS. The average molecular weight is 330 g/mol. The molecule has 0 saturated heterocycles. The minimum Gasteiger partial charge on any atom is -0.493 e. The van der Waals surface area contributed by atoms with Gasteiger partial charge < -0.3 is 10.5 Å². The molecule has 0 aromatic heterocycles. The minimum absolute atomic E-state index is 0.212. The van der Waals surface area contributed by atoms with E-state index in [2.05, 4.69) is 35.0 Å². The van der Waals surface area contributed by atoms with Crippen LogP contribution in [-0.4, -0.2) is 24.2 Å². The van der Waals surface area contributed by atoms with Crippen LogP contribution in [0.5, 0.6) is 5.75 Å². The van der Waals surface area contributed by atoms with Gasteiger partial charge in [-0.1, -0.05) is 22.9 Å². The summed E-state index contributed by atoms with van der Waals surface area (Å²) in [5, 5.41) is 0. The fraction of sp³-hybridized carbons (Fsp3) is 0.571. The molecule has 0 fully saturated rings. The Bertz CT molecular complexity index is 411. The summed E-state index contributed by atoms with van der Waals surface area (Å²) in [6.07, 6.45) is 3.13. The van der Waals surface area contributed by atoms with Gasteiger partial charge >= 0.3 is 0 Å². The number of ether oxygens (including phenoxy) is 1. The van der Waals surface area contributed by atoms with Crippen LogP contribution >= 0.6 is 27.7 Å². The number of hydrogen-bond acceptors (Lipinski definition) is 3. The van der Waals surface area contributed by atoms with E-state index in [9.17, 15) is 0 Å². The van der Waals surface area contributed by atoms with E-state index in [0.717, 1.165) is 35.4 Å². The molecule has 18 heavy (non-hydrogen) atoms. The van der Waals surface area contributed by atoms with Crippen molar-refractivity contribution in [1.29, 1.82) is 0 Å². The number of halogens is 1. The molecule has 1 aliphatic heterocycles. The topological polar surface area (TPSA) is 35.2 Å². The van der Waals surface area contributed by atoms with Gasteiger partial charge in [-0.25, -0.2) is 0 Å². The molecular weight excluding hydrogens is 310 g/mol. The number of thioether (sulfide) groups is 1. The lowest BCUT2D eigenvalue weighted by Gasteiger charge is -2.14. The van der Waals surface area contributed by atoms with Gasteiger partial charge in [0.1, 0.15) is 5.75 Å². The van der Waals surface area contributed by atoms with Crippen LogP contribution < -0.4 is 10.5 Å². The Labute approximate surface area is 122 Å². The zero-order valence-corrected chi connectivity index (χ0v) is 13.1. The maximum absolute atomic E-state index is 6.20. The molecule has 0 spiro atoms. The maximum atomic E-state index is 6.20. The van der Waals surface area contributed by atoms with Crippen molar-refractivity contribution in [3.8, 4) is 5.75 Å². The lowest BCUT2D eigenvalue weighted by atomic mass is 10.0. The molecule has 2 rings (SSSR count). The third-order valence-corrected chi connectivity index (χ3v) is 4.81. The molecule has 0 amide bonds. The molecule has 2 N–H and O–H groups in total. The van der Waals surface area contributed by atoms with Gasteiger partial charge in [-0.05, 0) is 41.9 Å². The van der Waals surface area contributed by atoms with Gasteiger partial charge in [0.25, 0.3) is 0 Å². The van der Waals surface area contributed by atoms with Gasteiger partial charge in [0.15, 0.2) is 0 Å². The summed E-state index contributed by atoms with van der Waals surface area (Å²) in [5.41, 5.74) is 8.76. The molecule has 0 bridgehead atoms.